The number of likely N-dealkylation sites (tertiary alicyclic amines) is 1. The molecule has 1 amide bonds. The Kier molecular flexibility index (Phi) is 7.14. The van der Waals surface area contributed by atoms with Crippen molar-refractivity contribution < 1.29 is 9.53 Å². The minimum atomic E-state index is -0.158. The lowest BCUT2D eigenvalue weighted by atomic mass is 9.92. The van der Waals surface area contributed by atoms with Crippen LogP contribution in [0.5, 0.6) is 5.75 Å². The first kappa shape index (κ1) is 23.1. The number of methoxy groups -OCH3 is 1. The molecule has 33 heavy (non-hydrogen) atoms. The molecule has 1 aromatic heterocycles. The van der Waals surface area contributed by atoms with E-state index in [9.17, 15) is 9.59 Å². The van der Waals surface area contributed by atoms with Crippen LogP contribution in [0.25, 0.3) is 16.5 Å². The standard InChI is InChI=1S/C27H33N3O3/c1-19-15-20(2)17-29(16-19)14-6-13-28-26(31)25-18-30(21-9-11-22(33-3)12-10-21)27(32)24-8-5-4-7-23(24)25/h4-5,7-12,18-20H,6,13-17H2,1-3H3,(H,28,31). The van der Waals surface area contributed by atoms with Crippen LogP contribution in [0.1, 0.15) is 37.0 Å². The molecular weight excluding hydrogens is 414 g/mol. The van der Waals surface area contributed by atoms with Crippen molar-refractivity contribution in [1.29, 1.82) is 0 Å². The van der Waals surface area contributed by atoms with Gasteiger partial charge in [-0.25, -0.2) is 0 Å². The molecule has 3 aromatic rings. The van der Waals surface area contributed by atoms with Crippen molar-refractivity contribution in [2.75, 3.05) is 33.3 Å². The first-order valence-corrected chi connectivity index (χ1v) is 11.8. The van der Waals surface area contributed by atoms with Gasteiger partial charge < -0.3 is 15.0 Å². The number of nitrogens with one attached hydrogen (secondary N) is 1. The minimum absolute atomic E-state index is 0.152. The Bertz CT molecular complexity index is 1160. The van der Waals surface area contributed by atoms with E-state index in [0.717, 1.165) is 37.9 Å². The van der Waals surface area contributed by atoms with Gasteiger partial charge in [-0.05, 0) is 61.6 Å². The second kappa shape index (κ2) is 10.2. The third kappa shape index (κ3) is 5.28. The van der Waals surface area contributed by atoms with Gasteiger partial charge in [0, 0.05) is 42.3 Å². The maximum atomic E-state index is 13.1. The lowest BCUT2D eigenvalue weighted by molar-refractivity contribution is 0.0948. The molecular formula is C27H33N3O3. The van der Waals surface area contributed by atoms with Crippen LogP contribution in [0, 0.1) is 11.8 Å². The van der Waals surface area contributed by atoms with Gasteiger partial charge in [0.25, 0.3) is 11.5 Å². The van der Waals surface area contributed by atoms with E-state index in [1.54, 1.807) is 31.5 Å². The van der Waals surface area contributed by atoms with E-state index in [4.69, 9.17) is 4.74 Å². The van der Waals surface area contributed by atoms with Crippen molar-refractivity contribution in [3.63, 3.8) is 0 Å². The molecule has 1 fully saturated rings. The zero-order chi connectivity index (χ0) is 23.4. The highest BCUT2D eigenvalue weighted by molar-refractivity contribution is 6.06. The number of pyridine rings is 1. The van der Waals surface area contributed by atoms with Crippen LogP contribution >= 0.6 is 0 Å². The molecule has 2 aromatic carbocycles. The largest absolute Gasteiger partial charge is 0.497 e. The number of benzene rings is 2. The monoisotopic (exact) mass is 447 g/mol. The lowest BCUT2D eigenvalue weighted by Crippen LogP contribution is -2.40. The number of carbonyl (C=O) groups is 1. The van der Waals surface area contributed by atoms with Gasteiger partial charge in [0.05, 0.1) is 12.7 Å². The Morgan fingerprint density at radius 1 is 1.03 bits per heavy atom. The van der Waals surface area contributed by atoms with Crippen LogP contribution in [0.2, 0.25) is 0 Å². The van der Waals surface area contributed by atoms with Crippen LogP contribution in [0.15, 0.2) is 59.5 Å². The molecule has 6 heteroatoms. The molecule has 174 valence electrons. The zero-order valence-corrected chi connectivity index (χ0v) is 19.7. The molecule has 2 atom stereocenters. The SMILES string of the molecule is COc1ccc(-n2cc(C(=O)NCCCN3CC(C)CC(C)C3)c3ccccc3c2=O)cc1. The van der Waals surface area contributed by atoms with Gasteiger partial charge in [0.2, 0.25) is 0 Å². The first-order chi connectivity index (χ1) is 16.0. The maximum Gasteiger partial charge on any atom is 0.262 e. The quantitative estimate of drug-likeness (QED) is 0.554. The van der Waals surface area contributed by atoms with Gasteiger partial charge in [0.1, 0.15) is 5.75 Å². The van der Waals surface area contributed by atoms with Crippen LogP contribution in [0.3, 0.4) is 0 Å². The van der Waals surface area contributed by atoms with E-state index in [1.807, 2.05) is 30.3 Å². The number of aromatic nitrogens is 1. The van der Waals surface area contributed by atoms with Gasteiger partial charge in [-0.3, -0.25) is 14.2 Å². The second-order valence-electron chi connectivity index (χ2n) is 9.28. The predicted octanol–water partition coefficient (Wildman–Crippen LogP) is 4.10. The summed E-state index contributed by atoms with van der Waals surface area (Å²) in [5.74, 6) is 2.01. The van der Waals surface area contributed by atoms with E-state index in [0.29, 0.717) is 34.3 Å². The first-order valence-electron chi connectivity index (χ1n) is 11.8. The summed E-state index contributed by atoms with van der Waals surface area (Å²) < 4.78 is 6.76. The lowest BCUT2D eigenvalue weighted by Gasteiger charge is -2.34. The molecule has 0 aliphatic carbocycles. The molecule has 4 rings (SSSR count). The van der Waals surface area contributed by atoms with E-state index in [2.05, 4.69) is 24.1 Å². The molecule has 1 aliphatic heterocycles. The summed E-state index contributed by atoms with van der Waals surface area (Å²) in [4.78, 5) is 28.8. The van der Waals surface area contributed by atoms with Crippen LogP contribution in [-0.2, 0) is 0 Å². The fraction of sp³-hybridized carbons (Fsp3) is 0.407. The minimum Gasteiger partial charge on any atom is -0.497 e. The molecule has 1 N–H and O–H groups in total. The normalized spacial score (nSPS) is 18.9. The molecule has 0 saturated carbocycles. The molecule has 2 heterocycles. The number of hydrogen-bond donors (Lipinski definition) is 1. The summed E-state index contributed by atoms with van der Waals surface area (Å²) in [6.07, 6.45) is 3.85. The summed E-state index contributed by atoms with van der Waals surface area (Å²) in [5, 5.41) is 4.26. The highest BCUT2D eigenvalue weighted by atomic mass is 16.5. The number of ether oxygens (including phenoxy) is 1. The number of fused-ring (bicyclic) bond motifs is 1. The summed E-state index contributed by atoms with van der Waals surface area (Å²) in [6.45, 7) is 8.49. The number of nitrogens with zero attached hydrogens (tertiary/aromatic N) is 2. The van der Waals surface area contributed by atoms with Crippen LogP contribution in [0.4, 0.5) is 0 Å². The number of piperidine rings is 1. The molecule has 0 spiro atoms. The topological polar surface area (TPSA) is 63.6 Å². The van der Waals surface area contributed by atoms with Gasteiger partial charge in [-0.1, -0.05) is 32.0 Å². The van der Waals surface area contributed by atoms with E-state index in [1.165, 1.54) is 11.0 Å². The van der Waals surface area contributed by atoms with Crippen LogP contribution in [-0.4, -0.2) is 48.7 Å². The summed E-state index contributed by atoms with van der Waals surface area (Å²) in [5.41, 5.74) is 1.04. The van der Waals surface area contributed by atoms with Crippen LogP contribution < -0.4 is 15.6 Å². The fourth-order valence-electron chi connectivity index (χ4n) is 4.98. The average Bonchev–Trinajstić information content (AvgIpc) is 2.82. The number of carbonyl (C=O) groups excluding carboxylic acids is 1. The van der Waals surface area contributed by atoms with Gasteiger partial charge in [-0.2, -0.15) is 0 Å². The van der Waals surface area contributed by atoms with E-state index >= 15 is 0 Å². The summed E-state index contributed by atoms with van der Waals surface area (Å²) in [6, 6.07) is 14.5. The zero-order valence-electron chi connectivity index (χ0n) is 19.7. The third-order valence-corrected chi connectivity index (χ3v) is 6.40. The molecule has 1 saturated heterocycles. The number of amides is 1. The van der Waals surface area contributed by atoms with Crippen molar-refractivity contribution >= 4 is 16.7 Å². The van der Waals surface area contributed by atoms with Crippen molar-refractivity contribution in [3.8, 4) is 11.4 Å². The summed E-state index contributed by atoms with van der Waals surface area (Å²) >= 11 is 0. The number of hydrogen-bond acceptors (Lipinski definition) is 4. The third-order valence-electron chi connectivity index (χ3n) is 6.40. The smallest absolute Gasteiger partial charge is 0.262 e. The van der Waals surface area contributed by atoms with Gasteiger partial charge >= 0.3 is 0 Å². The Hall–Kier alpha value is -3.12. The maximum absolute atomic E-state index is 13.1. The van der Waals surface area contributed by atoms with Gasteiger partial charge in [0.15, 0.2) is 0 Å². The van der Waals surface area contributed by atoms with Gasteiger partial charge in [-0.15, -0.1) is 0 Å². The summed E-state index contributed by atoms with van der Waals surface area (Å²) in [7, 11) is 1.60. The second-order valence-corrected chi connectivity index (χ2v) is 9.28. The van der Waals surface area contributed by atoms with E-state index in [-0.39, 0.29) is 11.5 Å². The Labute approximate surface area is 195 Å². The highest BCUT2D eigenvalue weighted by Gasteiger charge is 2.21. The molecule has 1 aliphatic rings. The predicted molar refractivity (Wildman–Crippen MR) is 132 cm³/mol. The Morgan fingerprint density at radius 3 is 2.36 bits per heavy atom. The average molecular weight is 448 g/mol. The highest BCUT2D eigenvalue weighted by Crippen LogP contribution is 2.21. The van der Waals surface area contributed by atoms with E-state index < -0.39 is 0 Å². The Balaban J connectivity index is 1.52. The van der Waals surface area contributed by atoms with Crippen molar-refractivity contribution in [3.05, 3.63) is 70.6 Å². The van der Waals surface area contributed by atoms with Crippen molar-refractivity contribution in [2.24, 2.45) is 11.8 Å². The van der Waals surface area contributed by atoms with Crippen molar-refractivity contribution in [2.45, 2.75) is 26.7 Å². The fourth-order valence-corrected chi connectivity index (χ4v) is 4.98. The number of rotatable bonds is 7. The Morgan fingerprint density at radius 2 is 1.70 bits per heavy atom. The van der Waals surface area contributed by atoms with Crippen molar-refractivity contribution in [1.82, 2.24) is 14.8 Å². The molecule has 0 radical (unpaired) electrons. The molecule has 2 unspecified atom stereocenters. The molecule has 0 bridgehead atoms. The molecule has 6 nitrogen and oxygen atoms in total.